The molecule has 0 saturated heterocycles. The summed E-state index contributed by atoms with van der Waals surface area (Å²) in [4.78, 5) is 4.40. The molecule has 0 unspecified atom stereocenters. The highest BCUT2D eigenvalue weighted by atomic mass is 32.2. The molecule has 9 heteroatoms. The predicted molar refractivity (Wildman–Crippen MR) is 106 cm³/mol. The smallest absolute Gasteiger partial charge is 0.277 e. The zero-order chi connectivity index (χ0) is 20.1. The molecule has 2 aromatic carbocycles. The second kappa shape index (κ2) is 8.78. The molecule has 0 radical (unpaired) electrons. The Morgan fingerprint density at radius 1 is 1.03 bits per heavy atom. The summed E-state index contributed by atoms with van der Waals surface area (Å²) < 4.78 is 21.9. The van der Waals surface area contributed by atoms with Crippen molar-refractivity contribution in [2.75, 3.05) is 7.11 Å². The fraction of sp³-hybridized carbons (Fsp3) is 0.200. The summed E-state index contributed by atoms with van der Waals surface area (Å²) in [6, 6.07) is 15.3. The van der Waals surface area contributed by atoms with Crippen molar-refractivity contribution in [3.63, 3.8) is 0 Å². The van der Waals surface area contributed by atoms with Gasteiger partial charge in [0.15, 0.2) is 6.61 Å². The van der Waals surface area contributed by atoms with Crippen molar-refractivity contribution in [1.82, 2.24) is 20.3 Å². The maximum Gasteiger partial charge on any atom is 0.277 e. The number of nitrogens with zero attached hydrogens (tertiary/aromatic N) is 4. The summed E-state index contributed by atoms with van der Waals surface area (Å²) in [5, 5.41) is 12.4. The van der Waals surface area contributed by atoms with Crippen molar-refractivity contribution < 1.29 is 18.4 Å². The minimum atomic E-state index is 0.204. The number of rotatable bonds is 8. The molecule has 0 spiro atoms. The Hall–Kier alpha value is -3.33. The highest BCUT2D eigenvalue weighted by Crippen LogP contribution is 2.28. The van der Waals surface area contributed by atoms with E-state index in [4.69, 9.17) is 18.4 Å². The van der Waals surface area contributed by atoms with Gasteiger partial charge >= 0.3 is 0 Å². The van der Waals surface area contributed by atoms with Crippen molar-refractivity contribution in [2.45, 2.75) is 24.5 Å². The Morgan fingerprint density at radius 3 is 2.79 bits per heavy atom. The Labute approximate surface area is 171 Å². The molecule has 148 valence electrons. The van der Waals surface area contributed by atoms with Crippen molar-refractivity contribution in [1.29, 1.82) is 0 Å². The summed E-state index contributed by atoms with van der Waals surface area (Å²) in [6.45, 7) is 2.21. The first-order valence-corrected chi connectivity index (χ1v) is 9.80. The lowest BCUT2D eigenvalue weighted by Crippen LogP contribution is -1.95. The number of aryl methyl sites for hydroxylation is 1. The monoisotopic (exact) mass is 410 g/mol. The maximum absolute atomic E-state index is 5.66. The lowest BCUT2D eigenvalue weighted by molar-refractivity contribution is 0.252. The normalized spacial score (nSPS) is 10.8. The Balaban J connectivity index is 1.34. The van der Waals surface area contributed by atoms with Crippen molar-refractivity contribution in [3.8, 4) is 22.9 Å². The first-order valence-electron chi connectivity index (χ1n) is 8.82. The van der Waals surface area contributed by atoms with Gasteiger partial charge in [-0.2, -0.15) is 4.98 Å². The number of para-hydroxylation sites is 1. The molecule has 0 aliphatic heterocycles. The topological polar surface area (TPSA) is 96.3 Å². The quantitative estimate of drug-likeness (QED) is 0.394. The Kier molecular flexibility index (Phi) is 5.76. The zero-order valence-electron chi connectivity index (χ0n) is 15.9. The van der Waals surface area contributed by atoms with Crippen LogP contribution in [0.3, 0.4) is 0 Å². The average molecular weight is 410 g/mol. The van der Waals surface area contributed by atoms with Crippen LogP contribution in [-0.4, -0.2) is 27.4 Å². The fourth-order valence-corrected chi connectivity index (χ4v) is 3.20. The molecule has 4 aromatic rings. The third kappa shape index (κ3) is 4.75. The SMILES string of the molecule is COc1ccccc1-c1noc(CSc2nnc(COc3cccc(C)c3)o2)n1. The van der Waals surface area contributed by atoms with Gasteiger partial charge in [-0.25, -0.2) is 0 Å². The molecule has 29 heavy (non-hydrogen) atoms. The summed E-state index contributed by atoms with van der Waals surface area (Å²) in [7, 11) is 1.60. The number of aromatic nitrogens is 4. The third-order valence-corrected chi connectivity index (χ3v) is 4.74. The van der Waals surface area contributed by atoms with Crippen LogP contribution in [0.2, 0.25) is 0 Å². The van der Waals surface area contributed by atoms with E-state index < -0.39 is 0 Å². The van der Waals surface area contributed by atoms with Gasteiger partial charge < -0.3 is 18.4 Å². The third-order valence-electron chi connectivity index (χ3n) is 3.94. The predicted octanol–water partition coefficient (Wildman–Crippen LogP) is 4.31. The van der Waals surface area contributed by atoms with Crippen LogP contribution >= 0.6 is 11.8 Å². The second-order valence-electron chi connectivity index (χ2n) is 6.07. The van der Waals surface area contributed by atoms with Gasteiger partial charge in [-0.1, -0.05) is 41.2 Å². The highest BCUT2D eigenvalue weighted by molar-refractivity contribution is 7.98. The van der Waals surface area contributed by atoms with E-state index in [1.54, 1.807) is 7.11 Å². The number of ether oxygens (including phenoxy) is 2. The van der Waals surface area contributed by atoms with Crippen LogP contribution in [0.5, 0.6) is 11.5 Å². The van der Waals surface area contributed by atoms with Gasteiger partial charge in [-0.05, 0) is 36.8 Å². The van der Waals surface area contributed by atoms with E-state index >= 15 is 0 Å². The van der Waals surface area contributed by atoms with E-state index in [2.05, 4.69) is 20.3 Å². The number of hydrogen-bond donors (Lipinski definition) is 0. The number of methoxy groups -OCH3 is 1. The summed E-state index contributed by atoms with van der Waals surface area (Å²) in [5.41, 5.74) is 1.89. The van der Waals surface area contributed by atoms with Gasteiger partial charge in [-0.15, -0.1) is 10.2 Å². The molecule has 0 aliphatic carbocycles. The lowest BCUT2D eigenvalue weighted by Gasteiger charge is -2.03. The number of thioether (sulfide) groups is 1. The molecule has 0 N–H and O–H groups in total. The highest BCUT2D eigenvalue weighted by Gasteiger charge is 2.15. The standard InChI is InChI=1S/C20H18N4O4S/c1-13-6-5-7-14(10-13)26-11-17-22-23-20(27-17)29-12-18-21-19(24-28-18)15-8-3-4-9-16(15)25-2/h3-10H,11-12H2,1-2H3. The van der Waals surface area contributed by atoms with Crippen molar-refractivity contribution in [2.24, 2.45) is 0 Å². The molecule has 0 saturated carbocycles. The van der Waals surface area contributed by atoms with E-state index in [1.165, 1.54) is 11.8 Å². The van der Waals surface area contributed by atoms with Gasteiger partial charge in [0.1, 0.15) is 11.5 Å². The number of hydrogen-bond acceptors (Lipinski definition) is 9. The number of benzene rings is 2. The van der Waals surface area contributed by atoms with Crippen LogP contribution in [0.25, 0.3) is 11.4 Å². The minimum Gasteiger partial charge on any atom is -0.496 e. The molecular weight excluding hydrogens is 392 g/mol. The molecule has 0 fully saturated rings. The lowest BCUT2D eigenvalue weighted by atomic mass is 10.2. The summed E-state index contributed by atoms with van der Waals surface area (Å²) in [5.74, 6) is 3.16. The first kappa shape index (κ1) is 19.0. The molecule has 2 heterocycles. The van der Waals surface area contributed by atoms with Crippen molar-refractivity contribution >= 4 is 11.8 Å². The zero-order valence-corrected chi connectivity index (χ0v) is 16.7. The van der Waals surface area contributed by atoms with E-state index in [0.29, 0.717) is 34.3 Å². The molecule has 0 aliphatic rings. The molecule has 4 rings (SSSR count). The summed E-state index contributed by atoms with van der Waals surface area (Å²) in [6.07, 6.45) is 0. The average Bonchev–Trinajstić information content (AvgIpc) is 3.40. The van der Waals surface area contributed by atoms with Crippen molar-refractivity contribution in [3.05, 3.63) is 65.9 Å². The van der Waals surface area contributed by atoms with Crippen LogP contribution in [-0.2, 0) is 12.4 Å². The molecule has 2 aromatic heterocycles. The Bertz CT molecular complexity index is 1100. The second-order valence-corrected chi connectivity index (χ2v) is 6.99. The van der Waals surface area contributed by atoms with Crippen LogP contribution < -0.4 is 9.47 Å². The Morgan fingerprint density at radius 2 is 1.93 bits per heavy atom. The molecule has 0 amide bonds. The van der Waals surface area contributed by atoms with E-state index in [1.807, 2.05) is 55.5 Å². The molecular formula is C20H18N4O4S. The summed E-state index contributed by atoms with van der Waals surface area (Å²) >= 11 is 1.31. The van der Waals surface area contributed by atoms with E-state index in [0.717, 1.165) is 16.9 Å². The van der Waals surface area contributed by atoms with E-state index in [-0.39, 0.29) is 6.61 Å². The first-order chi connectivity index (χ1) is 14.2. The van der Waals surface area contributed by atoms with Crippen LogP contribution in [0.1, 0.15) is 17.3 Å². The van der Waals surface area contributed by atoms with E-state index in [9.17, 15) is 0 Å². The van der Waals surface area contributed by atoms with Crippen LogP contribution in [0.4, 0.5) is 0 Å². The van der Waals surface area contributed by atoms with Gasteiger partial charge in [0.25, 0.3) is 11.1 Å². The molecule has 0 bridgehead atoms. The molecule has 8 nitrogen and oxygen atoms in total. The fourth-order valence-electron chi connectivity index (χ4n) is 2.58. The largest absolute Gasteiger partial charge is 0.496 e. The maximum atomic E-state index is 5.66. The van der Waals surface area contributed by atoms with Gasteiger partial charge in [0.05, 0.1) is 18.4 Å². The molecule has 0 atom stereocenters. The van der Waals surface area contributed by atoms with Gasteiger partial charge in [0.2, 0.25) is 11.7 Å². The van der Waals surface area contributed by atoms with Crippen LogP contribution in [0.15, 0.2) is 62.7 Å². The van der Waals surface area contributed by atoms with Crippen LogP contribution in [0, 0.1) is 6.92 Å². The van der Waals surface area contributed by atoms with Gasteiger partial charge in [-0.3, -0.25) is 0 Å². The van der Waals surface area contributed by atoms with Gasteiger partial charge in [0, 0.05) is 0 Å². The minimum absolute atomic E-state index is 0.204.